The van der Waals surface area contributed by atoms with Crippen molar-refractivity contribution in [2.45, 2.75) is 64.5 Å². The van der Waals surface area contributed by atoms with Gasteiger partial charge in [0.25, 0.3) is 0 Å². The van der Waals surface area contributed by atoms with Crippen LogP contribution in [0.4, 0.5) is 0 Å². The monoisotopic (exact) mass is 317 g/mol. The van der Waals surface area contributed by atoms with E-state index in [4.69, 9.17) is 0 Å². The maximum absolute atomic E-state index is 4.53. The largest absolute Gasteiger partial charge is 0.312 e. The molecule has 5 nitrogen and oxygen atoms in total. The highest BCUT2D eigenvalue weighted by Gasteiger charge is 2.29. The summed E-state index contributed by atoms with van der Waals surface area (Å²) in [4.78, 5) is 2.72. The SMILES string of the molecule is CC1CCCCC1CN1CCC(c2nnc3n2CCNC3)CC1. The molecule has 2 aliphatic heterocycles. The fraction of sp³-hybridized carbons (Fsp3) is 0.889. The van der Waals surface area contributed by atoms with Crippen molar-refractivity contribution in [2.75, 3.05) is 26.2 Å². The lowest BCUT2D eigenvalue weighted by atomic mass is 9.80. The molecule has 2 fully saturated rings. The Bertz CT molecular complexity index is 517. The van der Waals surface area contributed by atoms with Crippen LogP contribution in [0, 0.1) is 11.8 Å². The van der Waals surface area contributed by atoms with Crippen molar-refractivity contribution in [2.24, 2.45) is 11.8 Å². The zero-order valence-electron chi connectivity index (χ0n) is 14.5. The molecular formula is C18H31N5. The van der Waals surface area contributed by atoms with E-state index in [-0.39, 0.29) is 0 Å². The molecule has 1 aromatic rings. The second kappa shape index (κ2) is 6.89. The molecule has 0 amide bonds. The van der Waals surface area contributed by atoms with Crippen molar-refractivity contribution in [3.8, 4) is 0 Å². The first-order valence-corrected chi connectivity index (χ1v) is 9.66. The fourth-order valence-electron chi connectivity index (χ4n) is 4.79. The van der Waals surface area contributed by atoms with E-state index in [1.165, 1.54) is 64.0 Å². The Hall–Kier alpha value is -0.940. The van der Waals surface area contributed by atoms with Gasteiger partial charge in [-0.05, 0) is 44.2 Å². The smallest absolute Gasteiger partial charge is 0.147 e. The summed E-state index contributed by atoms with van der Waals surface area (Å²) in [6, 6.07) is 0. The third-order valence-corrected chi connectivity index (χ3v) is 6.39. The topological polar surface area (TPSA) is 46.0 Å². The summed E-state index contributed by atoms with van der Waals surface area (Å²) in [7, 11) is 0. The Balaban J connectivity index is 1.33. The molecular weight excluding hydrogens is 286 g/mol. The molecule has 3 heterocycles. The minimum absolute atomic E-state index is 0.620. The van der Waals surface area contributed by atoms with Crippen LogP contribution >= 0.6 is 0 Å². The van der Waals surface area contributed by atoms with Crippen LogP contribution in [-0.4, -0.2) is 45.8 Å². The molecule has 1 saturated heterocycles. The zero-order valence-corrected chi connectivity index (χ0v) is 14.5. The molecule has 1 aromatic heterocycles. The maximum Gasteiger partial charge on any atom is 0.147 e. The van der Waals surface area contributed by atoms with Gasteiger partial charge in [0, 0.05) is 25.6 Å². The van der Waals surface area contributed by atoms with Gasteiger partial charge < -0.3 is 14.8 Å². The van der Waals surface area contributed by atoms with Crippen molar-refractivity contribution in [3.05, 3.63) is 11.6 Å². The molecule has 1 saturated carbocycles. The summed E-state index contributed by atoms with van der Waals surface area (Å²) in [6.45, 7) is 9.25. The average Bonchev–Trinajstić information content (AvgIpc) is 3.02. The van der Waals surface area contributed by atoms with Gasteiger partial charge in [-0.3, -0.25) is 0 Å². The number of piperidine rings is 1. The lowest BCUT2D eigenvalue weighted by molar-refractivity contribution is 0.133. The summed E-state index contributed by atoms with van der Waals surface area (Å²) < 4.78 is 2.38. The minimum Gasteiger partial charge on any atom is -0.312 e. The van der Waals surface area contributed by atoms with E-state index in [0.717, 1.165) is 37.3 Å². The first-order valence-electron chi connectivity index (χ1n) is 9.66. The molecule has 1 N–H and O–H groups in total. The normalized spacial score (nSPS) is 30.3. The molecule has 1 aliphatic carbocycles. The number of fused-ring (bicyclic) bond motifs is 1. The van der Waals surface area contributed by atoms with Gasteiger partial charge >= 0.3 is 0 Å². The Kier molecular flexibility index (Phi) is 4.67. The summed E-state index contributed by atoms with van der Waals surface area (Å²) in [5, 5.41) is 12.3. The maximum atomic E-state index is 4.53. The third kappa shape index (κ3) is 3.31. The van der Waals surface area contributed by atoms with E-state index in [0.29, 0.717) is 5.92 Å². The van der Waals surface area contributed by atoms with Crippen molar-refractivity contribution < 1.29 is 0 Å². The van der Waals surface area contributed by atoms with E-state index >= 15 is 0 Å². The molecule has 0 radical (unpaired) electrons. The Morgan fingerprint density at radius 1 is 1.04 bits per heavy atom. The predicted octanol–water partition coefficient (Wildman–Crippen LogP) is 2.39. The molecule has 4 rings (SSSR count). The Morgan fingerprint density at radius 3 is 2.70 bits per heavy atom. The van der Waals surface area contributed by atoms with Crippen LogP contribution in [0.25, 0.3) is 0 Å². The highest BCUT2D eigenvalue weighted by Crippen LogP contribution is 2.33. The lowest BCUT2D eigenvalue weighted by Gasteiger charge is -2.37. The van der Waals surface area contributed by atoms with Crippen molar-refractivity contribution >= 4 is 0 Å². The number of rotatable bonds is 3. The molecule has 128 valence electrons. The van der Waals surface area contributed by atoms with Gasteiger partial charge in [0.2, 0.25) is 0 Å². The summed E-state index contributed by atoms with van der Waals surface area (Å²) in [5.74, 6) is 4.87. The summed E-state index contributed by atoms with van der Waals surface area (Å²) in [6.07, 6.45) is 8.31. The Morgan fingerprint density at radius 2 is 1.87 bits per heavy atom. The van der Waals surface area contributed by atoms with Crippen LogP contribution in [0.3, 0.4) is 0 Å². The number of hydrogen-bond acceptors (Lipinski definition) is 4. The number of aromatic nitrogens is 3. The number of hydrogen-bond donors (Lipinski definition) is 1. The first kappa shape index (κ1) is 15.6. The van der Waals surface area contributed by atoms with Crippen molar-refractivity contribution in [1.82, 2.24) is 25.0 Å². The predicted molar refractivity (Wildman–Crippen MR) is 91.3 cm³/mol. The van der Waals surface area contributed by atoms with Crippen molar-refractivity contribution in [3.63, 3.8) is 0 Å². The van der Waals surface area contributed by atoms with E-state index in [1.54, 1.807) is 0 Å². The standard InChI is InChI=1S/C18H31N5/c1-14-4-2-3-5-16(14)13-22-9-6-15(7-10-22)18-21-20-17-12-19-8-11-23(17)18/h14-16,19H,2-13H2,1H3. The van der Waals surface area contributed by atoms with Crippen LogP contribution in [0.2, 0.25) is 0 Å². The summed E-state index contributed by atoms with van der Waals surface area (Å²) in [5.41, 5.74) is 0. The molecule has 23 heavy (non-hydrogen) atoms. The van der Waals surface area contributed by atoms with E-state index < -0.39 is 0 Å². The van der Waals surface area contributed by atoms with Gasteiger partial charge in [0.05, 0.1) is 6.54 Å². The lowest BCUT2D eigenvalue weighted by Crippen LogP contribution is -2.39. The van der Waals surface area contributed by atoms with Crippen LogP contribution in [0.15, 0.2) is 0 Å². The fourth-order valence-corrected chi connectivity index (χ4v) is 4.79. The number of nitrogens with zero attached hydrogens (tertiary/aromatic N) is 4. The van der Waals surface area contributed by atoms with Gasteiger partial charge in [-0.25, -0.2) is 0 Å². The minimum atomic E-state index is 0.620. The second-order valence-electron chi connectivity index (χ2n) is 7.90. The van der Waals surface area contributed by atoms with E-state index in [2.05, 4.69) is 31.9 Å². The highest BCUT2D eigenvalue weighted by atomic mass is 15.3. The average molecular weight is 317 g/mol. The van der Waals surface area contributed by atoms with Gasteiger partial charge in [-0.1, -0.05) is 26.2 Å². The van der Waals surface area contributed by atoms with E-state index in [9.17, 15) is 0 Å². The van der Waals surface area contributed by atoms with Crippen molar-refractivity contribution in [1.29, 1.82) is 0 Å². The van der Waals surface area contributed by atoms with E-state index in [1.807, 2.05) is 0 Å². The first-order chi connectivity index (χ1) is 11.3. The molecule has 0 bridgehead atoms. The van der Waals surface area contributed by atoms with Crippen LogP contribution in [-0.2, 0) is 13.1 Å². The summed E-state index contributed by atoms with van der Waals surface area (Å²) >= 11 is 0. The molecule has 2 unspecified atom stereocenters. The number of likely N-dealkylation sites (tertiary alicyclic amines) is 1. The number of nitrogens with one attached hydrogen (secondary N) is 1. The van der Waals surface area contributed by atoms with Gasteiger partial charge in [-0.2, -0.15) is 0 Å². The second-order valence-corrected chi connectivity index (χ2v) is 7.90. The highest BCUT2D eigenvalue weighted by molar-refractivity contribution is 5.05. The molecule has 2 atom stereocenters. The van der Waals surface area contributed by atoms with Crippen LogP contribution in [0.1, 0.15) is 63.0 Å². The van der Waals surface area contributed by atoms with Gasteiger partial charge in [-0.15, -0.1) is 10.2 Å². The molecule has 5 heteroatoms. The quantitative estimate of drug-likeness (QED) is 0.930. The zero-order chi connectivity index (χ0) is 15.6. The van der Waals surface area contributed by atoms with Gasteiger partial charge in [0.1, 0.15) is 11.6 Å². The molecule has 3 aliphatic rings. The molecule has 0 aromatic carbocycles. The molecule has 0 spiro atoms. The van der Waals surface area contributed by atoms with Crippen LogP contribution < -0.4 is 5.32 Å². The van der Waals surface area contributed by atoms with Crippen LogP contribution in [0.5, 0.6) is 0 Å². The Labute approximate surface area is 139 Å². The third-order valence-electron chi connectivity index (χ3n) is 6.39. The van der Waals surface area contributed by atoms with Gasteiger partial charge in [0.15, 0.2) is 0 Å².